The first kappa shape index (κ1) is 10.3. The average Bonchev–Trinajstić information content (AvgIpc) is 2.15. The van der Waals surface area contributed by atoms with E-state index in [1.165, 1.54) is 3.57 Å². The van der Waals surface area contributed by atoms with Crippen LogP contribution in [0, 0.1) is 14.9 Å². The first-order valence-corrected chi connectivity index (χ1v) is 5.15. The quantitative estimate of drug-likeness (QED) is 0.799. The van der Waals surface area contributed by atoms with Crippen LogP contribution in [0.2, 0.25) is 0 Å². The third-order valence-corrected chi connectivity index (χ3v) is 2.55. The van der Waals surface area contributed by atoms with E-state index in [1.807, 2.05) is 7.05 Å². The highest BCUT2D eigenvalue weighted by atomic mass is 127. The van der Waals surface area contributed by atoms with Crippen molar-refractivity contribution >= 4 is 28.3 Å². The average molecular weight is 286 g/mol. The Morgan fingerprint density at radius 3 is 2.54 bits per heavy atom. The van der Waals surface area contributed by atoms with Gasteiger partial charge in [0, 0.05) is 22.8 Å². The smallest absolute Gasteiger partial charge is 0.0640 e. The fourth-order valence-electron chi connectivity index (χ4n) is 1.04. The molecule has 0 atom stereocenters. The Hall–Kier alpha value is -0.760. The van der Waals surface area contributed by atoms with E-state index in [0.717, 1.165) is 12.2 Å². The molecule has 0 fully saturated rings. The van der Waals surface area contributed by atoms with Crippen molar-refractivity contribution in [3.63, 3.8) is 0 Å². The summed E-state index contributed by atoms with van der Waals surface area (Å²) in [6.07, 6.45) is 0.572. The summed E-state index contributed by atoms with van der Waals surface area (Å²) in [5.41, 5.74) is 1.16. The second-order valence-electron chi connectivity index (χ2n) is 2.81. The highest BCUT2D eigenvalue weighted by molar-refractivity contribution is 14.1. The minimum absolute atomic E-state index is 0.572. The molecule has 0 aliphatic carbocycles. The van der Waals surface area contributed by atoms with E-state index in [9.17, 15) is 0 Å². The Bertz CT molecular complexity index is 300. The SMILES string of the molecule is CN(CCC#N)c1ccc(I)cc1. The minimum Gasteiger partial charge on any atom is -0.374 e. The van der Waals surface area contributed by atoms with Crippen LogP contribution in [-0.4, -0.2) is 13.6 Å². The summed E-state index contributed by atoms with van der Waals surface area (Å²) in [6.45, 7) is 0.789. The molecular weight excluding hydrogens is 275 g/mol. The number of anilines is 1. The fraction of sp³-hybridized carbons (Fsp3) is 0.300. The second-order valence-corrected chi connectivity index (χ2v) is 4.05. The number of nitriles is 1. The van der Waals surface area contributed by atoms with E-state index in [0.29, 0.717) is 6.42 Å². The molecule has 68 valence electrons. The molecule has 13 heavy (non-hydrogen) atoms. The Morgan fingerprint density at radius 2 is 2.00 bits per heavy atom. The fourth-order valence-corrected chi connectivity index (χ4v) is 1.40. The lowest BCUT2D eigenvalue weighted by Crippen LogP contribution is -2.17. The monoisotopic (exact) mass is 286 g/mol. The van der Waals surface area contributed by atoms with Crippen LogP contribution in [0.15, 0.2) is 24.3 Å². The molecule has 0 saturated heterocycles. The molecule has 0 heterocycles. The van der Waals surface area contributed by atoms with Gasteiger partial charge in [0.15, 0.2) is 0 Å². The zero-order valence-corrected chi connectivity index (χ0v) is 9.65. The highest BCUT2D eigenvalue weighted by Crippen LogP contribution is 2.14. The van der Waals surface area contributed by atoms with E-state index < -0.39 is 0 Å². The summed E-state index contributed by atoms with van der Waals surface area (Å²) >= 11 is 2.28. The van der Waals surface area contributed by atoms with Gasteiger partial charge in [0.05, 0.1) is 12.5 Å². The molecule has 0 aromatic heterocycles. The molecular formula is C10H11IN2. The maximum absolute atomic E-state index is 8.43. The van der Waals surface area contributed by atoms with Crippen LogP contribution >= 0.6 is 22.6 Å². The van der Waals surface area contributed by atoms with Crippen LogP contribution in [0.25, 0.3) is 0 Å². The van der Waals surface area contributed by atoms with Crippen molar-refractivity contribution < 1.29 is 0 Å². The minimum atomic E-state index is 0.572. The van der Waals surface area contributed by atoms with Gasteiger partial charge in [-0.2, -0.15) is 5.26 Å². The van der Waals surface area contributed by atoms with Gasteiger partial charge in [0.25, 0.3) is 0 Å². The standard InChI is InChI=1S/C10H11IN2/c1-13(8-2-7-12)10-5-3-9(11)4-6-10/h3-6H,2,8H2,1H3. The molecule has 1 rings (SSSR count). The van der Waals surface area contributed by atoms with Gasteiger partial charge in [-0.3, -0.25) is 0 Å². The summed E-state index contributed by atoms with van der Waals surface area (Å²) in [5, 5.41) is 8.43. The van der Waals surface area contributed by atoms with Crippen LogP contribution < -0.4 is 4.90 Å². The molecule has 0 unspecified atom stereocenters. The van der Waals surface area contributed by atoms with Crippen molar-refractivity contribution in [2.75, 3.05) is 18.5 Å². The van der Waals surface area contributed by atoms with Crippen LogP contribution in [-0.2, 0) is 0 Å². The van der Waals surface area contributed by atoms with Crippen molar-refractivity contribution in [1.82, 2.24) is 0 Å². The number of halogens is 1. The van der Waals surface area contributed by atoms with Crippen LogP contribution in [0.3, 0.4) is 0 Å². The molecule has 0 amide bonds. The Balaban J connectivity index is 2.62. The van der Waals surface area contributed by atoms with E-state index in [-0.39, 0.29) is 0 Å². The summed E-state index contributed by atoms with van der Waals surface area (Å²) in [4.78, 5) is 2.08. The first-order valence-electron chi connectivity index (χ1n) is 4.07. The lowest BCUT2D eigenvalue weighted by molar-refractivity contribution is 0.905. The van der Waals surface area contributed by atoms with Crippen molar-refractivity contribution in [1.29, 1.82) is 5.26 Å². The van der Waals surface area contributed by atoms with Gasteiger partial charge in [-0.1, -0.05) is 0 Å². The molecule has 0 aliphatic rings. The van der Waals surface area contributed by atoms with Crippen LogP contribution in [0.4, 0.5) is 5.69 Å². The molecule has 0 aliphatic heterocycles. The predicted molar refractivity (Wildman–Crippen MR) is 62.7 cm³/mol. The summed E-state index contributed by atoms with van der Waals surface area (Å²) in [5.74, 6) is 0. The van der Waals surface area contributed by atoms with Crippen LogP contribution in [0.5, 0.6) is 0 Å². The van der Waals surface area contributed by atoms with Gasteiger partial charge >= 0.3 is 0 Å². The number of hydrogen-bond acceptors (Lipinski definition) is 2. The molecule has 1 aromatic carbocycles. The van der Waals surface area contributed by atoms with Crippen molar-refractivity contribution in [3.05, 3.63) is 27.8 Å². The van der Waals surface area contributed by atoms with E-state index in [2.05, 4.69) is 57.8 Å². The largest absolute Gasteiger partial charge is 0.374 e. The van der Waals surface area contributed by atoms with Gasteiger partial charge in [0.1, 0.15) is 0 Å². The lowest BCUT2D eigenvalue weighted by Gasteiger charge is -2.17. The van der Waals surface area contributed by atoms with Gasteiger partial charge in [-0.15, -0.1) is 0 Å². The molecule has 0 spiro atoms. The zero-order valence-electron chi connectivity index (χ0n) is 7.50. The molecule has 2 nitrogen and oxygen atoms in total. The molecule has 0 saturated carbocycles. The number of hydrogen-bond donors (Lipinski definition) is 0. The molecule has 0 bridgehead atoms. The third kappa shape index (κ3) is 3.23. The summed E-state index contributed by atoms with van der Waals surface area (Å²) < 4.78 is 1.23. The zero-order chi connectivity index (χ0) is 9.68. The van der Waals surface area contributed by atoms with Crippen molar-refractivity contribution in [2.45, 2.75) is 6.42 Å². The molecule has 0 N–H and O–H groups in total. The second kappa shape index (κ2) is 5.07. The predicted octanol–water partition coefficient (Wildman–Crippen LogP) is 2.64. The lowest BCUT2D eigenvalue weighted by atomic mass is 10.3. The van der Waals surface area contributed by atoms with Gasteiger partial charge < -0.3 is 4.90 Å². The van der Waals surface area contributed by atoms with Gasteiger partial charge in [-0.25, -0.2) is 0 Å². The Morgan fingerprint density at radius 1 is 1.38 bits per heavy atom. The van der Waals surface area contributed by atoms with Crippen molar-refractivity contribution in [2.24, 2.45) is 0 Å². The van der Waals surface area contributed by atoms with E-state index >= 15 is 0 Å². The topological polar surface area (TPSA) is 27.0 Å². The maximum atomic E-state index is 8.43. The Kier molecular flexibility index (Phi) is 4.03. The third-order valence-electron chi connectivity index (χ3n) is 1.83. The van der Waals surface area contributed by atoms with Crippen LogP contribution in [0.1, 0.15) is 6.42 Å². The summed E-state index contributed by atoms with van der Waals surface area (Å²) in [7, 11) is 2.00. The number of rotatable bonds is 3. The Labute approximate surface area is 92.3 Å². The van der Waals surface area contributed by atoms with Crippen molar-refractivity contribution in [3.8, 4) is 6.07 Å². The van der Waals surface area contributed by atoms with Gasteiger partial charge in [-0.05, 0) is 46.9 Å². The maximum Gasteiger partial charge on any atom is 0.0640 e. The summed E-state index contributed by atoms with van der Waals surface area (Å²) in [6, 6.07) is 10.4. The first-order chi connectivity index (χ1) is 6.24. The van der Waals surface area contributed by atoms with E-state index in [4.69, 9.17) is 5.26 Å². The molecule has 0 radical (unpaired) electrons. The molecule has 1 aromatic rings. The number of benzene rings is 1. The van der Waals surface area contributed by atoms with Gasteiger partial charge in [0.2, 0.25) is 0 Å². The number of nitrogens with zero attached hydrogens (tertiary/aromatic N) is 2. The molecule has 3 heteroatoms. The normalized spacial score (nSPS) is 9.31. The highest BCUT2D eigenvalue weighted by Gasteiger charge is 1.98. The van der Waals surface area contributed by atoms with E-state index in [1.54, 1.807) is 0 Å².